The van der Waals surface area contributed by atoms with Gasteiger partial charge < -0.3 is 14.5 Å². The standard InChI is InChI=1S/C23H19N3O5/c1-14-10-20-21(11-15(14)2)31-23(25-20)16-4-3-5-17(12-16)24-22(27)13-30-19-8-6-18(7-9-19)26(28)29/h3-12H,13H2,1-2H3,(H,24,27). The normalized spacial score (nSPS) is 10.8. The number of hydrogen-bond donors (Lipinski definition) is 1. The number of carbonyl (C=O) groups is 1. The van der Waals surface area contributed by atoms with Gasteiger partial charge in [0.05, 0.1) is 4.92 Å². The van der Waals surface area contributed by atoms with Crippen LogP contribution in [0.25, 0.3) is 22.6 Å². The molecule has 1 N–H and O–H groups in total. The molecular weight excluding hydrogens is 398 g/mol. The Morgan fingerprint density at radius 3 is 2.58 bits per heavy atom. The van der Waals surface area contributed by atoms with Crippen LogP contribution >= 0.6 is 0 Å². The molecule has 31 heavy (non-hydrogen) atoms. The zero-order valence-corrected chi connectivity index (χ0v) is 16.9. The van der Waals surface area contributed by atoms with Crippen LogP contribution < -0.4 is 10.1 Å². The van der Waals surface area contributed by atoms with Gasteiger partial charge in [-0.3, -0.25) is 14.9 Å². The minimum Gasteiger partial charge on any atom is -0.484 e. The second-order valence-corrected chi connectivity index (χ2v) is 7.09. The van der Waals surface area contributed by atoms with E-state index in [0.717, 1.165) is 22.2 Å². The van der Waals surface area contributed by atoms with Crippen molar-refractivity contribution in [1.82, 2.24) is 4.98 Å². The second kappa shape index (κ2) is 8.27. The zero-order valence-electron chi connectivity index (χ0n) is 16.9. The SMILES string of the molecule is Cc1cc2nc(-c3cccc(NC(=O)COc4ccc([N+](=O)[O-])cc4)c3)oc2cc1C. The van der Waals surface area contributed by atoms with Crippen LogP contribution in [0, 0.1) is 24.0 Å². The molecule has 156 valence electrons. The van der Waals surface area contributed by atoms with Crippen LogP contribution in [0.5, 0.6) is 5.75 Å². The highest BCUT2D eigenvalue weighted by Crippen LogP contribution is 2.28. The molecule has 3 aromatic carbocycles. The minimum absolute atomic E-state index is 0.0434. The third-order valence-corrected chi connectivity index (χ3v) is 4.81. The summed E-state index contributed by atoms with van der Waals surface area (Å²) in [6, 6.07) is 16.7. The molecule has 0 unspecified atom stereocenters. The van der Waals surface area contributed by atoms with Gasteiger partial charge in [-0.2, -0.15) is 0 Å². The lowest BCUT2D eigenvalue weighted by Gasteiger charge is -2.08. The van der Waals surface area contributed by atoms with Gasteiger partial charge in [0, 0.05) is 23.4 Å². The number of aromatic nitrogens is 1. The number of aryl methyl sites for hydroxylation is 2. The smallest absolute Gasteiger partial charge is 0.269 e. The first-order valence-electron chi connectivity index (χ1n) is 9.54. The number of rotatable bonds is 6. The number of ether oxygens (including phenoxy) is 1. The molecule has 0 aliphatic carbocycles. The lowest BCUT2D eigenvalue weighted by atomic mass is 10.1. The summed E-state index contributed by atoms with van der Waals surface area (Å²) in [5.41, 5.74) is 5.03. The maximum Gasteiger partial charge on any atom is 0.269 e. The Kier molecular flexibility index (Phi) is 5.36. The fourth-order valence-corrected chi connectivity index (χ4v) is 3.04. The third-order valence-electron chi connectivity index (χ3n) is 4.81. The molecule has 0 bridgehead atoms. The molecule has 0 saturated heterocycles. The van der Waals surface area contributed by atoms with E-state index in [1.54, 1.807) is 18.2 Å². The number of nitrogens with one attached hydrogen (secondary N) is 1. The number of non-ortho nitro benzene ring substituents is 1. The molecule has 0 aliphatic rings. The van der Waals surface area contributed by atoms with Gasteiger partial charge in [0.25, 0.3) is 11.6 Å². The summed E-state index contributed by atoms with van der Waals surface area (Å²) in [5.74, 6) is 0.476. The average molecular weight is 417 g/mol. The Hall–Kier alpha value is -4.20. The van der Waals surface area contributed by atoms with Gasteiger partial charge in [0.15, 0.2) is 12.2 Å². The number of anilines is 1. The molecule has 0 fully saturated rings. The van der Waals surface area contributed by atoms with Crippen LogP contribution in [-0.2, 0) is 4.79 Å². The molecule has 4 aromatic rings. The summed E-state index contributed by atoms with van der Waals surface area (Å²) in [7, 11) is 0. The van der Waals surface area contributed by atoms with E-state index in [9.17, 15) is 14.9 Å². The van der Waals surface area contributed by atoms with E-state index >= 15 is 0 Å². The molecule has 0 atom stereocenters. The van der Waals surface area contributed by atoms with Crippen molar-refractivity contribution >= 4 is 28.4 Å². The van der Waals surface area contributed by atoms with Crippen LogP contribution in [-0.4, -0.2) is 22.4 Å². The average Bonchev–Trinajstić information content (AvgIpc) is 3.16. The molecule has 0 spiro atoms. The predicted molar refractivity (Wildman–Crippen MR) is 116 cm³/mol. The van der Waals surface area contributed by atoms with Gasteiger partial charge in [-0.15, -0.1) is 0 Å². The Morgan fingerprint density at radius 2 is 1.84 bits per heavy atom. The predicted octanol–water partition coefficient (Wildman–Crippen LogP) is 5.04. The first kappa shape index (κ1) is 20.1. The van der Waals surface area contributed by atoms with Gasteiger partial charge in [-0.1, -0.05) is 6.07 Å². The Bertz CT molecular complexity index is 1240. The third kappa shape index (κ3) is 4.53. The Balaban J connectivity index is 1.43. The van der Waals surface area contributed by atoms with E-state index in [-0.39, 0.29) is 18.2 Å². The molecule has 0 radical (unpaired) electrons. The van der Waals surface area contributed by atoms with Crippen molar-refractivity contribution in [1.29, 1.82) is 0 Å². The highest BCUT2D eigenvalue weighted by Gasteiger charge is 2.12. The maximum atomic E-state index is 12.2. The quantitative estimate of drug-likeness (QED) is 0.348. The number of fused-ring (bicyclic) bond motifs is 1. The van der Waals surface area contributed by atoms with Crippen molar-refractivity contribution in [2.75, 3.05) is 11.9 Å². The highest BCUT2D eigenvalue weighted by molar-refractivity contribution is 5.92. The van der Waals surface area contributed by atoms with Gasteiger partial charge in [-0.25, -0.2) is 4.98 Å². The summed E-state index contributed by atoms with van der Waals surface area (Å²) in [4.78, 5) is 27.0. The van der Waals surface area contributed by atoms with Crippen molar-refractivity contribution in [3.05, 3.63) is 81.9 Å². The van der Waals surface area contributed by atoms with Crippen molar-refractivity contribution < 1.29 is 18.9 Å². The van der Waals surface area contributed by atoms with Crippen LogP contribution in [0.2, 0.25) is 0 Å². The van der Waals surface area contributed by atoms with Gasteiger partial charge >= 0.3 is 0 Å². The summed E-state index contributed by atoms with van der Waals surface area (Å²) >= 11 is 0. The van der Waals surface area contributed by atoms with Gasteiger partial charge in [0.1, 0.15) is 11.3 Å². The number of amides is 1. The lowest BCUT2D eigenvalue weighted by molar-refractivity contribution is -0.384. The maximum absolute atomic E-state index is 12.2. The fraction of sp³-hybridized carbons (Fsp3) is 0.130. The molecular formula is C23H19N3O5. The minimum atomic E-state index is -0.497. The largest absolute Gasteiger partial charge is 0.484 e. The molecule has 1 heterocycles. The number of nitrogens with zero attached hydrogens (tertiary/aromatic N) is 2. The molecule has 1 aromatic heterocycles. The van der Waals surface area contributed by atoms with E-state index in [4.69, 9.17) is 9.15 Å². The summed E-state index contributed by atoms with van der Waals surface area (Å²) in [5, 5.41) is 13.4. The molecule has 1 amide bonds. The van der Waals surface area contributed by atoms with E-state index in [1.165, 1.54) is 24.3 Å². The Morgan fingerprint density at radius 1 is 1.10 bits per heavy atom. The molecule has 0 aliphatic heterocycles. The van der Waals surface area contributed by atoms with E-state index in [1.807, 2.05) is 32.0 Å². The van der Waals surface area contributed by atoms with Gasteiger partial charge in [0.2, 0.25) is 5.89 Å². The number of nitro groups is 1. The molecule has 0 saturated carbocycles. The Labute approximate surface area is 177 Å². The van der Waals surface area contributed by atoms with Crippen LogP contribution in [0.15, 0.2) is 65.1 Å². The summed E-state index contributed by atoms with van der Waals surface area (Å²) in [6.07, 6.45) is 0. The number of hydrogen-bond acceptors (Lipinski definition) is 6. The number of benzene rings is 3. The van der Waals surface area contributed by atoms with E-state index in [2.05, 4.69) is 10.3 Å². The van der Waals surface area contributed by atoms with Crippen molar-refractivity contribution in [2.45, 2.75) is 13.8 Å². The summed E-state index contributed by atoms with van der Waals surface area (Å²) in [6.45, 7) is 3.81. The summed E-state index contributed by atoms with van der Waals surface area (Å²) < 4.78 is 11.3. The first-order chi connectivity index (χ1) is 14.9. The molecule has 8 heteroatoms. The first-order valence-corrected chi connectivity index (χ1v) is 9.54. The molecule has 8 nitrogen and oxygen atoms in total. The second-order valence-electron chi connectivity index (χ2n) is 7.09. The van der Waals surface area contributed by atoms with E-state index in [0.29, 0.717) is 22.9 Å². The highest BCUT2D eigenvalue weighted by atomic mass is 16.6. The number of oxazole rings is 1. The monoisotopic (exact) mass is 417 g/mol. The van der Waals surface area contributed by atoms with Crippen molar-refractivity contribution in [2.24, 2.45) is 0 Å². The van der Waals surface area contributed by atoms with Crippen LogP contribution in [0.1, 0.15) is 11.1 Å². The van der Waals surface area contributed by atoms with Crippen molar-refractivity contribution in [3.8, 4) is 17.2 Å². The van der Waals surface area contributed by atoms with Crippen LogP contribution in [0.3, 0.4) is 0 Å². The van der Waals surface area contributed by atoms with Crippen LogP contribution in [0.4, 0.5) is 11.4 Å². The number of nitro benzene ring substituents is 1. The van der Waals surface area contributed by atoms with E-state index < -0.39 is 4.92 Å². The number of carbonyl (C=O) groups excluding carboxylic acids is 1. The van der Waals surface area contributed by atoms with Crippen molar-refractivity contribution in [3.63, 3.8) is 0 Å². The zero-order chi connectivity index (χ0) is 22.0. The topological polar surface area (TPSA) is 108 Å². The fourth-order valence-electron chi connectivity index (χ4n) is 3.04. The molecule has 4 rings (SSSR count). The van der Waals surface area contributed by atoms with Gasteiger partial charge in [-0.05, 0) is 67.4 Å². The lowest BCUT2D eigenvalue weighted by Crippen LogP contribution is -2.20.